The molecule has 5 heteroatoms. The molecule has 2 bridgehead atoms. The first kappa shape index (κ1) is 18.1. The van der Waals surface area contributed by atoms with Crippen LogP contribution in [0.4, 0.5) is 8.78 Å². The summed E-state index contributed by atoms with van der Waals surface area (Å²) in [6.07, 6.45) is 4.03. The summed E-state index contributed by atoms with van der Waals surface area (Å²) >= 11 is 0. The minimum atomic E-state index is -2.85. The number of rotatable bonds is 6. The molecule has 0 amide bonds. The van der Waals surface area contributed by atoms with Crippen molar-refractivity contribution in [3.05, 3.63) is 65.7 Å². The van der Waals surface area contributed by atoms with Gasteiger partial charge in [-0.25, -0.2) is 0 Å². The Kier molecular flexibility index (Phi) is 5.21. The molecule has 3 nitrogen and oxygen atoms in total. The van der Waals surface area contributed by atoms with Crippen molar-refractivity contribution in [3.63, 3.8) is 0 Å². The number of piperidine rings is 1. The summed E-state index contributed by atoms with van der Waals surface area (Å²) in [5.74, 6) is 0.213. The number of carbonyl (C=O) groups excluding carboxylic acids is 1. The number of Topliss-reactive ketones (excluding diaryl/α,β-unsaturated/α-hetero) is 1. The summed E-state index contributed by atoms with van der Waals surface area (Å²) in [5, 5.41) is 0. The molecule has 2 aromatic carbocycles. The Morgan fingerprint density at radius 3 is 2.22 bits per heavy atom. The summed E-state index contributed by atoms with van der Waals surface area (Å²) < 4.78 is 28.9. The van der Waals surface area contributed by atoms with E-state index in [2.05, 4.69) is 33.9 Å². The van der Waals surface area contributed by atoms with Gasteiger partial charge in [0.25, 0.3) is 0 Å². The van der Waals surface area contributed by atoms with Gasteiger partial charge in [0.1, 0.15) is 5.75 Å². The first-order chi connectivity index (χ1) is 13.1. The number of carbonyl (C=O) groups is 1. The Bertz CT molecular complexity index is 765. The van der Waals surface area contributed by atoms with E-state index in [1.165, 1.54) is 17.7 Å². The highest BCUT2D eigenvalue weighted by atomic mass is 19.3. The van der Waals surface area contributed by atoms with Crippen LogP contribution in [0, 0.1) is 5.92 Å². The minimum Gasteiger partial charge on any atom is -0.435 e. The predicted octanol–water partition coefficient (Wildman–Crippen LogP) is 4.91. The predicted molar refractivity (Wildman–Crippen MR) is 98.9 cm³/mol. The zero-order valence-electron chi connectivity index (χ0n) is 15.1. The van der Waals surface area contributed by atoms with E-state index in [9.17, 15) is 13.6 Å². The second-order valence-electron chi connectivity index (χ2n) is 7.48. The van der Waals surface area contributed by atoms with Gasteiger partial charge < -0.3 is 4.74 Å². The molecule has 0 aliphatic carbocycles. The minimum absolute atomic E-state index is 0.0105. The number of benzene rings is 2. The van der Waals surface area contributed by atoms with Crippen molar-refractivity contribution in [3.8, 4) is 5.75 Å². The molecule has 4 rings (SSSR count). The van der Waals surface area contributed by atoms with Gasteiger partial charge in [-0.15, -0.1) is 0 Å². The van der Waals surface area contributed by atoms with Crippen molar-refractivity contribution in [1.29, 1.82) is 0 Å². The molecule has 0 saturated carbocycles. The summed E-state index contributed by atoms with van der Waals surface area (Å²) in [4.78, 5) is 15.5. The molecule has 2 aliphatic heterocycles. The van der Waals surface area contributed by atoms with E-state index in [1.54, 1.807) is 12.1 Å². The van der Waals surface area contributed by atoms with Gasteiger partial charge in [0.2, 0.25) is 0 Å². The van der Waals surface area contributed by atoms with Gasteiger partial charge in [-0.2, -0.15) is 8.78 Å². The molecule has 2 unspecified atom stereocenters. The lowest BCUT2D eigenvalue weighted by Crippen LogP contribution is -2.44. The Labute approximate surface area is 157 Å². The average molecular weight is 371 g/mol. The molecule has 0 spiro atoms. The fourth-order valence-corrected chi connectivity index (χ4v) is 4.58. The van der Waals surface area contributed by atoms with E-state index in [4.69, 9.17) is 0 Å². The summed E-state index contributed by atoms with van der Waals surface area (Å²) in [7, 11) is 0. The maximum absolute atomic E-state index is 12.9. The average Bonchev–Trinajstić information content (AvgIpc) is 2.90. The highest BCUT2D eigenvalue weighted by Crippen LogP contribution is 2.40. The van der Waals surface area contributed by atoms with Crippen LogP contribution >= 0.6 is 0 Å². The van der Waals surface area contributed by atoms with Gasteiger partial charge in [-0.05, 0) is 55.5 Å². The monoisotopic (exact) mass is 371 g/mol. The van der Waals surface area contributed by atoms with Crippen LogP contribution in [0.15, 0.2) is 54.6 Å². The zero-order valence-corrected chi connectivity index (χ0v) is 15.1. The zero-order chi connectivity index (χ0) is 18.8. The van der Waals surface area contributed by atoms with Gasteiger partial charge in [-0.1, -0.05) is 30.3 Å². The smallest absolute Gasteiger partial charge is 0.387 e. The Hall–Kier alpha value is -2.27. The van der Waals surface area contributed by atoms with Crippen LogP contribution in [0.2, 0.25) is 0 Å². The largest absolute Gasteiger partial charge is 0.435 e. The summed E-state index contributed by atoms with van der Waals surface area (Å²) in [6, 6.07) is 17.4. The topological polar surface area (TPSA) is 29.5 Å². The number of hydrogen-bond acceptors (Lipinski definition) is 3. The summed E-state index contributed by atoms with van der Waals surface area (Å²) in [6.45, 7) is -1.91. The first-order valence-corrected chi connectivity index (χ1v) is 9.49. The van der Waals surface area contributed by atoms with Crippen molar-refractivity contribution >= 4 is 5.78 Å². The van der Waals surface area contributed by atoms with Crippen LogP contribution in [0.1, 0.15) is 41.6 Å². The molecule has 2 aliphatic rings. The highest BCUT2D eigenvalue weighted by Gasteiger charge is 2.42. The number of nitrogens with zero attached hydrogens (tertiary/aromatic N) is 1. The van der Waals surface area contributed by atoms with Crippen molar-refractivity contribution in [2.24, 2.45) is 5.92 Å². The number of halogens is 2. The standard InChI is InChI=1S/C22H23F2NO2/c23-22(24)27-20-10-6-16(7-11-20)21(26)17-12-18-8-9-19(13-17)25(18)14-15-4-2-1-3-5-15/h1-7,10-11,17-19,22H,8-9,12-14H2. The first-order valence-electron chi connectivity index (χ1n) is 9.49. The fraction of sp³-hybridized carbons (Fsp3) is 0.409. The third-order valence-electron chi connectivity index (χ3n) is 5.83. The van der Waals surface area contributed by atoms with Gasteiger partial charge in [0, 0.05) is 30.1 Å². The van der Waals surface area contributed by atoms with Crippen LogP contribution in [0.3, 0.4) is 0 Å². The molecule has 0 radical (unpaired) electrons. The third kappa shape index (κ3) is 4.03. The van der Waals surface area contributed by atoms with E-state index in [0.717, 1.165) is 32.2 Å². The maximum Gasteiger partial charge on any atom is 0.387 e. The van der Waals surface area contributed by atoms with E-state index in [1.807, 2.05) is 6.07 Å². The summed E-state index contributed by atoms with van der Waals surface area (Å²) in [5.41, 5.74) is 1.89. The number of fused-ring (bicyclic) bond motifs is 2. The van der Waals surface area contributed by atoms with Crippen LogP contribution in [0.25, 0.3) is 0 Å². The number of alkyl halides is 2. The lowest BCUT2D eigenvalue weighted by Gasteiger charge is -2.38. The van der Waals surface area contributed by atoms with E-state index in [0.29, 0.717) is 17.6 Å². The molecule has 2 fully saturated rings. The highest BCUT2D eigenvalue weighted by molar-refractivity contribution is 5.98. The van der Waals surface area contributed by atoms with Gasteiger partial charge in [0.05, 0.1) is 0 Å². The lowest BCUT2D eigenvalue weighted by atomic mass is 9.84. The molecule has 2 saturated heterocycles. The normalized spacial score (nSPS) is 24.9. The fourth-order valence-electron chi connectivity index (χ4n) is 4.58. The molecule has 27 heavy (non-hydrogen) atoms. The molecule has 0 aromatic heterocycles. The molecular formula is C22H23F2NO2. The van der Waals surface area contributed by atoms with Crippen molar-refractivity contribution in [1.82, 2.24) is 4.90 Å². The van der Waals surface area contributed by atoms with Crippen LogP contribution in [0.5, 0.6) is 5.75 Å². The number of ether oxygens (including phenoxy) is 1. The Morgan fingerprint density at radius 2 is 1.63 bits per heavy atom. The second-order valence-corrected chi connectivity index (χ2v) is 7.48. The van der Waals surface area contributed by atoms with E-state index >= 15 is 0 Å². The molecule has 2 atom stereocenters. The van der Waals surface area contributed by atoms with Crippen LogP contribution < -0.4 is 4.74 Å². The third-order valence-corrected chi connectivity index (χ3v) is 5.83. The van der Waals surface area contributed by atoms with Gasteiger partial charge in [-0.3, -0.25) is 9.69 Å². The van der Waals surface area contributed by atoms with Gasteiger partial charge in [0.15, 0.2) is 5.78 Å². The SMILES string of the molecule is O=C(c1ccc(OC(F)F)cc1)C1CC2CCC(C1)N2Cc1ccccc1. The van der Waals surface area contributed by atoms with Crippen molar-refractivity contribution in [2.45, 2.75) is 50.9 Å². The lowest BCUT2D eigenvalue weighted by molar-refractivity contribution is -0.0498. The second kappa shape index (κ2) is 7.77. The molecule has 2 heterocycles. The number of hydrogen-bond donors (Lipinski definition) is 0. The molecule has 142 valence electrons. The van der Waals surface area contributed by atoms with E-state index in [-0.39, 0.29) is 17.5 Å². The Morgan fingerprint density at radius 1 is 1.00 bits per heavy atom. The van der Waals surface area contributed by atoms with Crippen LogP contribution in [-0.4, -0.2) is 29.4 Å². The maximum atomic E-state index is 12.9. The Balaban J connectivity index is 1.41. The molecule has 2 aromatic rings. The van der Waals surface area contributed by atoms with Crippen molar-refractivity contribution < 1.29 is 18.3 Å². The quantitative estimate of drug-likeness (QED) is 0.676. The van der Waals surface area contributed by atoms with Crippen molar-refractivity contribution in [2.75, 3.05) is 0 Å². The molecule has 0 N–H and O–H groups in total. The van der Waals surface area contributed by atoms with Crippen LogP contribution in [-0.2, 0) is 6.54 Å². The number of ketones is 1. The van der Waals surface area contributed by atoms with Gasteiger partial charge >= 0.3 is 6.61 Å². The van der Waals surface area contributed by atoms with E-state index < -0.39 is 6.61 Å². The molecular weight excluding hydrogens is 348 g/mol.